The summed E-state index contributed by atoms with van der Waals surface area (Å²) in [7, 11) is 0. The van der Waals surface area contributed by atoms with E-state index in [0.717, 1.165) is 25.7 Å². The van der Waals surface area contributed by atoms with Crippen LogP contribution in [0, 0.1) is 0 Å². The fourth-order valence-electron chi connectivity index (χ4n) is 1.37. The van der Waals surface area contributed by atoms with Crippen LogP contribution < -0.4 is 10.5 Å². The van der Waals surface area contributed by atoms with Gasteiger partial charge in [0.05, 0.1) is 11.3 Å². The monoisotopic (exact) mass is 225 g/mol. The summed E-state index contributed by atoms with van der Waals surface area (Å²) in [5.41, 5.74) is 5.80. The van der Waals surface area contributed by atoms with Crippen molar-refractivity contribution in [3.63, 3.8) is 0 Å². The highest BCUT2D eigenvalue weighted by Crippen LogP contribution is 2.40. The first-order valence-corrected chi connectivity index (χ1v) is 5.63. The molecular weight excluding hydrogens is 214 g/mol. The fourth-order valence-corrected chi connectivity index (χ4v) is 2.70. The van der Waals surface area contributed by atoms with E-state index in [4.69, 9.17) is 10.5 Å². The molecule has 1 heterocycles. The zero-order valence-electron chi connectivity index (χ0n) is 7.78. The lowest BCUT2D eigenvalue weighted by molar-refractivity contribution is 0.345. The van der Waals surface area contributed by atoms with Crippen molar-refractivity contribution in [1.29, 1.82) is 0 Å². The highest BCUT2D eigenvalue weighted by atomic mass is 32.1. The smallest absolute Gasteiger partial charge is 0.137 e. The summed E-state index contributed by atoms with van der Waals surface area (Å²) in [6.07, 6.45) is 0. The second-order valence-corrected chi connectivity index (χ2v) is 4.38. The lowest BCUT2D eigenvalue weighted by atomic mass is 10.2. The van der Waals surface area contributed by atoms with Gasteiger partial charge in [-0.15, -0.1) is 24.0 Å². The molecule has 14 heavy (non-hydrogen) atoms. The van der Waals surface area contributed by atoms with Crippen LogP contribution in [-0.4, -0.2) is 6.61 Å². The van der Waals surface area contributed by atoms with E-state index in [1.807, 2.05) is 25.1 Å². The van der Waals surface area contributed by atoms with Gasteiger partial charge in [-0.05, 0) is 13.0 Å². The third-order valence-electron chi connectivity index (χ3n) is 1.98. The molecule has 0 aliphatic carbocycles. The second-order valence-electron chi connectivity index (χ2n) is 2.88. The van der Waals surface area contributed by atoms with Crippen LogP contribution in [0.4, 0.5) is 5.00 Å². The third-order valence-corrected chi connectivity index (χ3v) is 3.66. The number of rotatable bonds is 2. The van der Waals surface area contributed by atoms with E-state index in [1.165, 1.54) is 11.3 Å². The van der Waals surface area contributed by atoms with Gasteiger partial charge in [-0.3, -0.25) is 0 Å². The van der Waals surface area contributed by atoms with Gasteiger partial charge in [0.15, 0.2) is 0 Å². The Morgan fingerprint density at radius 3 is 3.00 bits per heavy atom. The number of anilines is 1. The van der Waals surface area contributed by atoms with Crippen molar-refractivity contribution in [2.75, 3.05) is 12.3 Å². The summed E-state index contributed by atoms with van der Waals surface area (Å²) in [4.78, 5) is 0.853. The molecule has 2 rings (SSSR count). The SMILES string of the molecule is CCOc1cccc2c(S)c(N)sc12. The van der Waals surface area contributed by atoms with Crippen molar-refractivity contribution in [2.24, 2.45) is 0 Å². The molecule has 0 saturated carbocycles. The quantitative estimate of drug-likeness (QED) is 0.770. The summed E-state index contributed by atoms with van der Waals surface area (Å²) in [6, 6.07) is 5.92. The van der Waals surface area contributed by atoms with Crippen molar-refractivity contribution in [3.8, 4) is 5.75 Å². The maximum atomic E-state index is 5.80. The molecule has 2 nitrogen and oxygen atoms in total. The molecule has 0 unspecified atom stereocenters. The minimum absolute atomic E-state index is 0.665. The second kappa shape index (κ2) is 3.71. The highest BCUT2D eigenvalue weighted by molar-refractivity contribution is 7.81. The van der Waals surface area contributed by atoms with Gasteiger partial charge >= 0.3 is 0 Å². The van der Waals surface area contributed by atoms with Gasteiger partial charge in [-0.2, -0.15) is 0 Å². The number of ether oxygens (including phenoxy) is 1. The number of hydrogen-bond acceptors (Lipinski definition) is 4. The molecule has 1 aromatic carbocycles. The molecule has 74 valence electrons. The Balaban J connectivity index is 2.68. The van der Waals surface area contributed by atoms with Gasteiger partial charge in [0.1, 0.15) is 10.8 Å². The number of fused-ring (bicyclic) bond motifs is 1. The van der Waals surface area contributed by atoms with Gasteiger partial charge in [0, 0.05) is 10.3 Å². The van der Waals surface area contributed by atoms with Crippen LogP contribution in [0.1, 0.15) is 6.92 Å². The predicted octanol–water partition coefficient (Wildman–Crippen LogP) is 3.17. The van der Waals surface area contributed by atoms with E-state index in [0.29, 0.717) is 6.61 Å². The average molecular weight is 225 g/mol. The van der Waals surface area contributed by atoms with Crippen LogP contribution in [0.15, 0.2) is 23.1 Å². The Morgan fingerprint density at radius 1 is 1.50 bits per heavy atom. The van der Waals surface area contributed by atoms with Crippen LogP contribution in [0.5, 0.6) is 5.75 Å². The summed E-state index contributed by atoms with van der Waals surface area (Å²) in [5, 5.41) is 1.82. The molecule has 0 radical (unpaired) electrons. The molecule has 0 atom stereocenters. The number of thiol groups is 1. The molecule has 0 fully saturated rings. The van der Waals surface area contributed by atoms with Crippen molar-refractivity contribution in [3.05, 3.63) is 18.2 Å². The van der Waals surface area contributed by atoms with Crippen molar-refractivity contribution >= 4 is 39.1 Å². The highest BCUT2D eigenvalue weighted by Gasteiger charge is 2.09. The van der Waals surface area contributed by atoms with Crippen LogP contribution in [0.25, 0.3) is 10.1 Å². The molecule has 0 aliphatic rings. The molecule has 0 bridgehead atoms. The van der Waals surface area contributed by atoms with E-state index in [1.54, 1.807) is 0 Å². The third kappa shape index (κ3) is 1.44. The topological polar surface area (TPSA) is 35.2 Å². The average Bonchev–Trinajstić information content (AvgIpc) is 2.46. The molecular formula is C10H11NOS2. The van der Waals surface area contributed by atoms with E-state index in [2.05, 4.69) is 12.6 Å². The molecule has 4 heteroatoms. The molecule has 2 aromatic rings. The summed E-state index contributed by atoms with van der Waals surface area (Å²) in [5.74, 6) is 0.891. The fraction of sp³-hybridized carbons (Fsp3) is 0.200. The van der Waals surface area contributed by atoms with Crippen LogP contribution in [0.2, 0.25) is 0 Å². The lowest BCUT2D eigenvalue weighted by Gasteiger charge is -2.02. The number of thiophene rings is 1. The largest absolute Gasteiger partial charge is 0.492 e. The van der Waals surface area contributed by atoms with Crippen LogP contribution in [-0.2, 0) is 0 Å². The van der Waals surface area contributed by atoms with Gasteiger partial charge in [-0.1, -0.05) is 12.1 Å². The molecule has 1 aromatic heterocycles. The molecule has 0 aliphatic heterocycles. The number of nitrogen functional groups attached to an aromatic ring is 1. The Labute approximate surface area is 92.1 Å². The summed E-state index contributed by atoms with van der Waals surface area (Å²) < 4.78 is 6.59. The minimum Gasteiger partial charge on any atom is -0.492 e. The van der Waals surface area contributed by atoms with Crippen molar-refractivity contribution < 1.29 is 4.74 Å². The van der Waals surface area contributed by atoms with Crippen molar-refractivity contribution in [1.82, 2.24) is 0 Å². The number of nitrogens with two attached hydrogens (primary N) is 1. The maximum absolute atomic E-state index is 5.80. The predicted molar refractivity (Wildman–Crippen MR) is 64.7 cm³/mol. The minimum atomic E-state index is 0.665. The molecule has 0 saturated heterocycles. The molecule has 0 spiro atoms. The van der Waals surface area contributed by atoms with Crippen LogP contribution >= 0.6 is 24.0 Å². The van der Waals surface area contributed by atoms with E-state index < -0.39 is 0 Å². The zero-order chi connectivity index (χ0) is 10.1. The molecule has 2 N–H and O–H groups in total. The maximum Gasteiger partial charge on any atom is 0.137 e. The first kappa shape index (κ1) is 9.68. The normalized spacial score (nSPS) is 10.7. The Bertz CT molecular complexity index is 464. The van der Waals surface area contributed by atoms with Gasteiger partial charge in [0.25, 0.3) is 0 Å². The van der Waals surface area contributed by atoms with Gasteiger partial charge in [0.2, 0.25) is 0 Å². The first-order valence-electron chi connectivity index (χ1n) is 4.36. The van der Waals surface area contributed by atoms with E-state index in [9.17, 15) is 0 Å². The Hall–Kier alpha value is -0.870. The Morgan fingerprint density at radius 2 is 2.29 bits per heavy atom. The standard InChI is InChI=1S/C10H11NOS2/c1-2-12-7-5-3-4-6-8(13)10(11)14-9(6)7/h3-5,13H,2,11H2,1H3. The summed E-state index contributed by atoms with van der Waals surface area (Å²) >= 11 is 5.88. The van der Waals surface area contributed by atoms with Gasteiger partial charge in [-0.25, -0.2) is 0 Å². The van der Waals surface area contributed by atoms with Crippen LogP contribution in [0.3, 0.4) is 0 Å². The van der Waals surface area contributed by atoms with E-state index >= 15 is 0 Å². The molecule has 0 amide bonds. The summed E-state index contributed by atoms with van der Waals surface area (Å²) in [6.45, 7) is 2.64. The number of hydrogen-bond donors (Lipinski definition) is 2. The van der Waals surface area contributed by atoms with Crippen molar-refractivity contribution in [2.45, 2.75) is 11.8 Å². The lowest BCUT2D eigenvalue weighted by Crippen LogP contribution is -1.90. The first-order chi connectivity index (χ1) is 6.74. The number of benzene rings is 1. The van der Waals surface area contributed by atoms with Gasteiger partial charge < -0.3 is 10.5 Å². The van der Waals surface area contributed by atoms with E-state index in [-0.39, 0.29) is 0 Å². The zero-order valence-corrected chi connectivity index (χ0v) is 9.49. The Kier molecular flexibility index (Phi) is 2.56.